The minimum atomic E-state index is -1.06. The van der Waals surface area contributed by atoms with E-state index in [1.54, 1.807) is 32.2 Å². The number of aromatic nitrogens is 3. The number of aliphatic hydroxyl groups is 1. The van der Waals surface area contributed by atoms with Gasteiger partial charge < -0.3 is 21.1 Å². The molecule has 1 saturated heterocycles. The summed E-state index contributed by atoms with van der Waals surface area (Å²) in [7, 11) is 0. The van der Waals surface area contributed by atoms with E-state index in [9.17, 15) is 19.6 Å². The quantitative estimate of drug-likeness (QED) is 0.339. The van der Waals surface area contributed by atoms with Crippen LogP contribution in [0, 0.1) is 23.0 Å². The molecule has 0 radical (unpaired) electrons. The highest BCUT2D eigenvalue weighted by Gasteiger charge is 2.34. The normalized spacial score (nSPS) is 15.7. The van der Waals surface area contributed by atoms with Crippen molar-refractivity contribution in [2.45, 2.75) is 51.4 Å². The Labute approximate surface area is 235 Å². The summed E-state index contributed by atoms with van der Waals surface area (Å²) in [5.74, 6) is -1.16. The van der Waals surface area contributed by atoms with Gasteiger partial charge in [-0.3, -0.25) is 9.48 Å². The molecule has 0 saturated carbocycles. The fraction of sp³-hybridized carbons (Fsp3) is 0.333. The monoisotopic (exact) mass is 557 g/mol. The van der Waals surface area contributed by atoms with E-state index in [1.807, 2.05) is 11.0 Å². The number of nitrogens with one attached hydrogen (secondary N) is 1. The van der Waals surface area contributed by atoms with Gasteiger partial charge in [-0.15, -0.1) is 0 Å². The molecule has 210 valence electrons. The van der Waals surface area contributed by atoms with E-state index in [4.69, 9.17) is 10.7 Å². The molecule has 0 spiro atoms. The standard InChI is InChI=1S/C30H29F2N7O2/c1-30(2,41)15-39-24-11-23(32)20(9-18(24)13-36-39)25-21-14-35-29(40)26(21)28(38-7-5-19(34)6-8-38)37-27(25)16-3-4-17(12-33)22(31)10-16/h3-4,9-11,13,19,41H,5-8,14-15,34H2,1-2H3,(H,35,40). The molecule has 1 fully saturated rings. The summed E-state index contributed by atoms with van der Waals surface area (Å²) >= 11 is 0. The smallest absolute Gasteiger partial charge is 0.255 e. The topological polar surface area (TPSA) is 133 Å². The first kappa shape index (κ1) is 26.8. The van der Waals surface area contributed by atoms with Crippen LogP contribution in [-0.4, -0.2) is 50.5 Å². The van der Waals surface area contributed by atoms with Crippen molar-refractivity contribution >= 4 is 22.6 Å². The number of piperidine rings is 1. The fourth-order valence-electron chi connectivity index (χ4n) is 5.67. The molecule has 0 aliphatic carbocycles. The van der Waals surface area contributed by atoms with E-state index in [0.717, 1.165) is 12.8 Å². The van der Waals surface area contributed by atoms with Crippen molar-refractivity contribution in [3.05, 3.63) is 64.9 Å². The SMILES string of the molecule is CC(C)(O)Cn1ncc2cc(-c3c(-c4ccc(C#N)c(F)c4)nc(N4CCC(N)CC4)c4c3CNC4=O)c(F)cc21. The highest BCUT2D eigenvalue weighted by molar-refractivity contribution is 6.07. The molecule has 0 atom stereocenters. The van der Waals surface area contributed by atoms with E-state index >= 15 is 4.39 Å². The summed E-state index contributed by atoms with van der Waals surface area (Å²) in [5, 5.41) is 27.4. The van der Waals surface area contributed by atoms with Crippen LogP contribution < -0.4 is 16.0 Å². The molecule has 2 aromatic carbocycles. The van der Waals surface area contributed by atoms with E-state index in [-0.39, 0.29) is 36.2 Å². The zero-order chi connectivity index (χ0) is 29.1. The van der Waals surface area contributed by atoms with Crippen LogP contribution in [0.4, 0.5) is 14.6 Å². The molecule has 0 unspecified atom stereocenters. The van der Waals surface area contributed by atoms with Crippen LogP contribution in [0.5, 0.6) is 0 Å². The van der Waals surface area contributed by atoms with Crippen LogP contribution in [0.1, 0.15) is 48.2 Å². The van der Waals surface area contributed by atoms with Gasteiger partial charge in [0.05, 0.1) is 40.7 Å². The minimum Gasteiger partial charge on any atom is -0.389 e. The van der Waals surface area contributed by atoms with Gasteiger partial charge in [-0.1, -0.05) is 6.07 Å². The molecule has 4 aromatic rings. The van der Waals surface area contributed by atoms with Gasteiger partial charge >= 0.3 is 0 Å². The number of nitriles is 1. The maximum absolute atomic E-state index is 16.1. The highest BCUT2D eigenvalue weighted by atomic mass is 19.1. The number of carbonyl (C=O) groups is 1. The Morgan fingerprint density at radius 3 is 2.61 bits per heavy atom. The molecule has 0 bridgehead atoms. The van der Waals surface area contributed by atoms with Crippen LogP contribution in [0.15, 0.2) is 36.5 Å². The summed E-state index contributed by atoms with van der Waals surface area (Å²) in [6.45, 7) is 4.78. The zero-order valence-corrected chi connectivity index (χ0v) is 22.7. The second kappa shape index (κ2) is 9.90. The first-order valence-corrected chi connectivity index (χ1v) is 13.5. The Balaban J connectivity index is 1.61. The van der Waals surface area contributed by atoms with Crippen molar-refractivity contribution in [2.75, 3.05) is 18.0 Å². The zero-order valence-electron chi connectivity index (χ0n) is 22.7. The van der Waals surface area contributed by atoms with Crippen molar-refractivity contribution < 1.29 is 18.7 Å². The Hall–Kier alpha value is -4.40. The summed E-state index contributed by atoms with van der Waals surface area (Å²) in [5.41, 5.74) is 7.58. The van der Waals surface area contributed by atoms with Gasteiger partial charge in [0.15, 0.2) is 0 Å². The van der Waals surface area contributed by atoms with Crippen molar-refractivity contribution in [1.29, 1.82) is 5.26 Å². The van der Waals surface area contributed by atoms with E-state index in [1.165, 1.54) is 22.9 Å². The third-order valence-corrected chi connectivity index (χ3v) is 7.67. The fourth-order valence-corrected chi connectivity index (χ4v) is 5.67. The molecule has 4 heterocycles. The van der Waals surface area contributed by atoms with Crippen LogP contribution in [0.25, 0.3) is 33.3 Å². The van der Waals surface area contributed by atoms with Crippen molar-refractivity contribution in [2.24, 2.45) is 5.73 Å². The second-order valence-corrected chi connectivity index (χ2v) is 11.3. The van der Waals surface area contributed by atoms with Gasteiger partial charge in [0.2, 0.25) is 0 Å². The summed E-state index contributed by atoms with van der Waals surface area (Å²) < 4.78 is 32.5. The number of nitrogens with two attached hydrogens (primary N) is 1. The number of carbonyl (C=O) groups excluding carboxylic acids is 1. The summed E-state index contributed by atoms with van der Waals surface area (Å²) in [6, 6.07) is 9.04. The highest BCUT2D eigenvalue weighted by Crippen LogP contribution is 2.43. The van der Waals surface area contributed by atoms with E-state index in [0.29, 0.717) is 57.8 Å². The third kappa shape index (κ3) is 4.79. The third-order valence-electron chi connectivity index (χ3n) is 7.67. The van der Waals surface area contributed by atoms with Gasteiger partial charge in [0.25, 0.3) is 5.91 Å². The predicted molar refractivity (Wildman–Crippen MR) is 150 cm³/mol. The van der Waals surface area contributed by atoms with Crippen LogP contribution in [-0.2, 0) is 13.1 Å². The lowest BCUT2D eigenvalue weighted by molar-refractivity contribution is 0.0591. The molecular formula is C30H29F2N7O2. The van der Waals surface area contributed by atoms with Gasteiger partial charge in [-0.2, -0.15) is 10.4 Å². The maximum Gasteiger partial charge on any atom is 0.255 e. The van der Waals surface area contributed by atoms with Crippen molar-refractivity contribution in [3.8, 4) is 28.5 Å². The largest absolute Gasteiger partial charge is 0.389 e. The molecular weight excluding hydrogens is 528 g/mol. The van der Waals surface area contributed by atoms with Gasteiger partial charge in [-0.25, -0.2) is 13.8 Å². The number of anilines is 1. The number of rotatable bonds is 5. The average molecular weight is 558 g/mol. The summed E-state index contributed by atoms with van der Waals surface area (Å²) in [6.07, 6.45) is 3.04. The molecule has 2 aliphatic heterocycles. The van der Waals surface area contributed by atoms with Crippen molar-refractivity contribution in [1.82, 2.24) is 20.1 Å². The molecule has 1 amide bonds. The lowest BCUT2D eigenvalue weighted by Crippen LogP contribution is -2.40. The number of amides is 1. The number of hydrogen-bond donors (Lipinski definition) is 3. The average Bonchev–Trinajstić information content (AvgIpc) is 3.50. The lowest BCUT2D eigenvalue weighted by atomic mass is 9.90. The molecule has 2 aromatic heterocycles. The molecule has 11 heteroatoms. The van der Waals surface area contributed by atoms with Gasteiger partial charge in [-0.05, 0) is 50.5 Å². The van der Waals surface area contributed by atoms with Crippen LogP contribution in [0.3, 0.4) is 0 Å². The Morgan fingerprint density at radius 1 is 1.17 bits per heavy atom. The Bertz CT molecular complexity index is 1740. The Kier molecular flexibility index (Phi) is 6.47. The molecule has 2 aliphatic rings. The molecule has 4 N–H and O–H groups in total. The molecule has 9 nitrogen and oxygen atoms in total. The Morgan fingerprint density at radius 2 is 1.93 bits per heavy atom. The maximum atomic E-state index is 16.1. The minimum absolute atomic E-state index is 0.0534. The summed E-state index contributed by atoms with van der Waals surface area (Å²) in [4.78, 5) is 20.1. The molecule has 6 rings (SSSR count). The number of nitrogens with zero attached hydrogens (tertiary/aromatic N) is 5. The lowest BCUT2D eigenvalue weighted by Gasteiger charge is -2.33. The van der Waals surface area contributed by atoms with Gasteiger partial charge in [0.1, 0.15) is 23.5 Å². The van der Waals surface area contributed by atoms with Crippen LogP contribution >= 0.6 is 0 Å². The van der Waals surface area contributed by atoms with Crippen molar-refractivity contribution in [3.63, 3.8) is 0 Å². The van der Waals surface area contributed by atoms with E-state index in [2.05, 4.69) is 10.4 Å². The number of fused-ring (bicyclic) bond motifs is 2. The second-order valence-electron chi connectivity index (χ2n) is 11.3. The van der Waals surface area contributed by atoms with Gasteiger partial charge in [0, 0.05) is 53.8 Å². The predicted octanol–water partition coefficient (Wildman–Crippen LogP) is 3.86. The first-order chi connectivity index (χ1) is 19.5. The number of benzene rings is 2. The molecule has 41 heavy (non-hydrogen) atoms. The number of pyridine rings is 1. The van der Waals surface area contributed by atoms with E-state index < -0.39 is 17.2 Å². The first-order valence-electron chi connectivity index (χ1n) is 13.5. The number of hydrogen-bond acceptors (Lipinski definition) is 7. The van der Waals surface area contributed by atoms with Crippen LogP contribution in [0.2, 0.25) is 0 Å². The number of halogens is 2.